The number of nitrogens with zero attached hydrogens (tertiary/aromatic N) is 1. The first-order valence-corrected chi connectivity index (χ1v) is 9.96. The zero-order valence-electron chi connectivity index (χ0n) is 17.0. The van der Waals surface area contributed by atoms with E-state index in [1.165, 1.54) is 31.3 Å². The summed E-state index contributed by atoms with van der Waals surface area (Å²) in [7, 11) is 0. The fourth-order valence-corrected chi connectivity index (χ4v) is 6.01. The molecule has 1 heteroatoms. The molecule has 2 aliphatic carbocycles. The monoisotopic (exact) mass is 327 g/mol. The molecule has 0 bridgehead atoms. The van der Waals surface area contributed by atoms with Gasteiger partial charge in [0.15, 0.2) is 0 Å². The van der Waals surface area contributed by atoms with E-state index in [1.807, 2.05) is 0 Å². The number of allylic oxidation sites excluding steroid dienone is 4. The minimum atomic E-state index is 0.0975. The molecule has 3 atom stereocenters. The Balaban J connectivity index is 2.64. The third-order valence-electron chi connectivity index (χ3n) is 6.86. The van der Waals surface area contributed by atoms with Crippen molar-refractivity contribution in [1.29, 1.82) is 5.26 Å². The van der Waals surface area contributed by atoms with Crippen LogP contribution < -0.4 is 0 Å². The highest BCUT2D eigenvalue weighted by atomic mass is 14.6. The van der Waals surface area contributed by atoms with Crippen molar-refractivity contribution < 1.29 is 0 Å². The van der Waals surface area contributed by atoms with Crippen LogP contribution in [-0.2, 0) is 0 Å². The maximum atomic E-state index is 9.77. The molecule has 1 fully saturated rings. The van der Waals surface area contributed by atoms with E-state index in [0.717, 1.165) is 12.8 Å². The summed E-state index contributed by atoms with van der Waals surface area (Å²) in [6.45, 7) is 16.4. The molecule has 0 aromatic rings. The van der Waals surface area contributed by atoms with E-state index in [9.17, 15) is 5.26 Å². The number of nitriles is 1. The van der Waals surface area contributed by atoms with Crippen molar-refractivity contribution in [3.63, 3.8) is 0 Å². The number of hydrogen-bond acceptors (Lipinski definition) is 1. The van der Waals surface area contributed by atoms with Crippen LogP contribution in [0.25, 0.3) is 0 Å². The Morgan fingerprint density at radius 1 is 1.29 bits per heavy atom. The maximum absolute atomic E-state index is 9.77. The molecular formula is C23H37N. The zero-order valence-corrected chi connectivity index (χ0v) is 17.0. The molecule has 0 saturated heterocycles. The summed E-state index contributed by atoms with van der Waals surface area (Å²) < 4.78 is 0. The first kappa shape index (κ1) is 19.3. The van der Waals surface area contributed by atoms with Gasteiger partial charge in [0.05, 0.1) is 12.0 Å². The highest BCUT2D eigenvalue weighted by molar-refractivity contribution is 5.43. The van der Waals surface area contributed by atoms with Crippen molar-refractivity contribution in [3.8, 4) is 6.07 Å². The second-order valence-corrected chi connectivity index (χ2v) is 9.42. The first-order chi connectivity index (χ1) is 11.2. The SMILES string of the molecule is CCCC1(C2=C(C)CCC=C2C)CC(C)(C)C(C#N)CC1C(C)C. The molecule has 0 aliphatic heterocycles. The minimum absolute atomic E-state index is 0.0975. The molecule has 0 aromatic carbocycles. The van der Waals surface area contributed by atoms with Crippen LogP contribution in [0.5, 0.6) is 0 Å². The Bertz CT molecular complexity index is 569. The minimum Gasteiger partial charge on any atom is -0.198 e. The molecule has 2 rings (SSSR count). The summed E-state index contributed by atoms with van der Waals surface area (Å²) >= 11 is 0. The molecule has 2 aliphatic rings. The van der Waals surface area contributed by atoms with E-state index in [4.69, 9.17) is 0 Å². The summed E-state index contributed by atoms with van der Waals surface area (Å²) in [5.74, 6) is 1.42. The van der Waals surface area contributed by atoms with E-state index in [1.54, 1.807) is 11.1 Å². The van der Waals surface area contributed by atoms with E-state index in [2.05, 4.69) is 60.6 Å². The fourth-order valence-electron chi connectivity index (χ4n) is 6.01. The summed E-state index contributed by atoms with van der Waals surface area (Å²) in [6, 6.07) is 2.65. The summed E-state index contributed by atoms with van der Waals surface area (Å²) in [5, 5.41) is 9.77. The van der Waals surface area contributed by atoms with Gasteiger partial charge >= 0.3 is 0 Å². The molecule has 0 N–H and O–H groups in total. The molecule has 1 saturated carbocycles. The van der Waals surface area contributed by atoms with E-state index >= 15 is 0 Å². The van der Waals surface area contributed by atoms with Gasteiger partial charge in [-0.15, -0.1) is 0 Å². The molecule has 0 radical (unpaired) electrons. The van der Waals surface area contributed by atoms with Gasteiger partial charge in [0, 0.05) is 0 Å². The van der Waals surface area contributed by atoms with E-state index < -0.39 is 0 Å². The van der Waals surface area contributed by atoms with Crippen molar-refractivity contribution >= 4 is 0 Å². The van der Waals surface area contributed by atoms with Gasteiger partial charge in [-0.3, -0.25) is 0 Å². The Labute approximate surface area is 150 Å². The van der Waals surface area contributed by atoms with Gasteiger partial charge < -0.3 is 0 Å². The average molecular weight is 328 g/mol. The highest BCUT2D eigenvalue weighted by Crippen LogP contribution is 2.62. The molecule has 0 aromatic heterocycles. The van der Waals surface area contributed by atoms with Crippen LogP contribution in [0, 0.1) is 39.9 Å². The molecule has 0 amide bonds. The Morgan fingerprint density at radius 2 is 1.96 bits per heavy atom. The Kier molecular flexibility index (Phi) is 5.68. The Morgan fingerprint density at radius 3 is 2.46 bits per heavy atom. The standard InChI is InChI=1S/C23H37N/c1-8-12-23(21-17(4)10-9-11-18(21)5)15-22(6,7)19(14-24)13-20(23)16(2)3/h10,16,19-20H,8-9,11-13,15H2,1-7H3. The predicted molar refractivity (Wildman–Crippen MR) is 103 cm³/mol. The zero-order chi connectivity index (χ0) is 18.1. The quantitative estimate of drug-likeness (QED) is 0.542. The lowest BCUT2D eigenvalue weighted by molar-refractivity contribution is -0.0107. The summed E-state index contributed by atoms with van der Waals surface area (Å²) in [4.78, 5) is 0. The number of rotatable bonds is 4. The lowest BCUT2D eigenvalue weighted by Gasteiger charge is -2.56. The maximum Gasteiger partial charge on any atom is 0.0661 e. The first-order valence-electron chi connectivity index (χ1n) is 9.96. The lowest BCUT2D eigenvalue weighted by atomic mass is 9.47. The van der Waals surface area contributed by atoms with Gasteiger partial charge in [-0.1, -0.05) is 58.3 Å². The fraction of sp³-hybridized carbons (Fsp3) is 0.783. The second-order valence-electron chi connectivity index (χ2n) is 9.42. The van der Waals surface area contributed by atoms with Crippen molar-refractivity contribution in [3.05, 3.63) is 22.8 Å². The lowest BCUT2D eigenvalue weighted by Crippen LogP contribution is -2.48. The molecular weight excluding hydrogens is 290 g/mol. The van der Waals surface area contributed by atoms with Gasteiger partial charge in [-0.2, -0.15) is 5.26 Å². The molecule has 1 nitrogen and oxygen atoms in total. The van der Waals surface area contributed by atoms with Crippen molar-refractivity contribution in [2.75, 3.05) is 0 Å². The molecule has 24 heavy (non-hydrogen) atoms. The smallest absolute Gasteiger partial charge is 0.0661 e. The molecule has 0 spiro atoms. The van der Waals surface area contributed by atoms with Crippen LogP contribution in [0.4, 0.5) is 0 Å². The van der Waals surface area contributed by atoms with Crippen LogP contribution in [0.1, 0.15) is 87.0 Å². The molecule has 134 valence electrons. The van der Waals surface area contributed by atoms with Gasteiger partial charge in [0.25, 0.3) is 0 Å². The van der Waals surface area contributed by atoms with Crippen LogP contribution in [-0.4, -0.2) is 0 Å². The van der Waals surface area contributed by atoms with Crippen LogP contribution in [0.15, 0.2) is 22.8 Å². The number of hydrogen-bond donors (Lipinski definition) is 0. The normalized spacial score (nSPS) is 33.4. The van der Waals surface area contributed by atoms with Gasteiger partial charge in [-0.25, -0.2) is 0 Å². The summed E-state index contributed by atoms with van der Waals surface area (Å²) in [5.41, 5.74) is 5.15. The van der Waals surface area contributed by atoms with Gasteiger partial charge in [0.2, 0.25) is 0 Å². The molecule has 3 unspecified atom stereocenters. The highest BCUT2D eigenvalue weighted by Gasteiger charge is 2.53. The van der Waals surface area contributed by atoms with Crippen LogP contribution >= 0.6 is 0 Å². The second kappa shape index (κ2) is 7.07. The van der Waals surface area contributed by atoms with Crippen molar-refractivity contribution in [2.45, 2.75) is 87.0 Å². The van der Waals surface area contributed by atoms with Crippen LogP contribution in [0.2, 0.25) is 0 Å². The van der Waals surface area contributed by atoms with E-state index in [-0.39, 0.29) is 16.7 Å². The topological polar surface area (TPSA) is 23.8 Å². The summed E-state index contributed by atoms with van der Waals surface area (Å²) in [6.07, 6.45) is 9.57. The molecule has 0 heterocycles. The third-order valence-corrected chi connectivity index (χ3v) is 6.86. The van der Waals surface area contributed by atoms with E-state index in [0.29, 0.717) is 11.8 Å². The van der Waals surface area contributed by atoms with Crippen LogP contribution in [0.3, 0.4) is 0 Å². The Hall–Kier alpha value is -1.03. The van der Waals surface area contributed by atoms with Gasteiger partial charge in [-0.05, 0) is 74.2 Å². The third kappa shape index (κ3) is 3.22. The van der Waals surface area contributed by atoms with Crippen molar-refractivity contribution in [1.82, 2.24) is 0 Å². The predicted octanol–water partition coefficient (Wildman–Crippen LogP) is 7.06. The largest absolute Gasteiger partial charge is 0.198 e. The van der Waals surface area contributed by atoms with Crippen molar-refractivity contribution in [2.24, 2.45) is 28.6 Å². The van der Waals surface area contributed by atoms with Gasteiger partial charge in [0.1, 0.15) is 0 Å². The average Bonchev–Trinajstić information content (AvgIpc) is 2.46.